The Morgan fingerprint density at radius 1 is 1.55 bits per heavy atom. The van der Waals surface area contributed by atoms with Gasteiger partial charge in [0.1, 0.15) is 11.9 Å². The Bertz CT molecular complexity index is 502. The minimum absolute atomic E-state index is 0.0665. The summed E-state index contributed by atoms with van der Waals surface area (Å²) in [6, 6.07) is 3.13. The molecule has 0 aromatic heterocycles. The topological polar surface area (TPSA) is 81.4 Å². The summed E-state index contributed by atoms with van der Waals surface area (Å²) >= 11 is 6.79. The van der Waals surface area contributed by atoms with Crippen molar-refractivity contribution in [3.63, 3.8) is 0 Å². The van der Waals surface area contributed by atoms with Crippen molar-refractivity contribution in [2.24, 2.45) is 5.73 Å². The van der Waals surface area contributed by atoms with E-state index < -0.39 is 17.8 Å². The third-order valence-electron chi connectivity index (χ3n) is 2.24. The summed E-state index contributed by atoms with van der Waals surface area (Å²) in [5.41, 5.74) is 5.92. The van der Waals surface area contributed by atoms with Gasteiger partial charge >= 0.3 is 5.97 Å². The van der Waals surface area contributed by atoms with Crippen LogP contribution in [0.1, 0.15) is 0 Å². The smallest absolute Gasteiger partial charge is 0.323 e. The molecule has 1 atom stereocenters. The average molecular weight is 321 g/mol. The van der Waals surface area contributed by atoms with Crippen LogP contribution in [0.25, 0.3) is 0 Å². The summed E-state index contributed by atoms with van der Waals surface area (Å²) in [5.74, 6) is -0.995. The van der Waals surface area contributed by atoms with Gasteiger partial charge in [-0.05, 0) is 18.2 Å². The average Bonchev–Trinajstić information content (AvgIpc) is 2.41. The van der Waals surface area contributed by atoms with E-state index in [4.69, 9.17) is 17.3 Å². The van der Waals surface area contributed by atoms with E-state index in [9.17, 15) is 14.0 Å². The SMILES string of the molecule is COC(=O)C(N)CSCC(=O)Nc1ccc(F)c(Cl)c1. The number of hydrogen-bond acceptors (Lipinski definition) is 5. The Kier molecular flexibility index (Phi) is 6.77. The molecular formula is C12H14ClFN2O3S. The first-order valence-electron chi connectivity index (χ1n) is 5.60. The van der Waals surface area contributed by atoms with Crippen molar-refractivity contribution >= 4 is 40.9 Å². The number of esters is 1. The van der Waals surface area contributed by atoms with Gasteiger partial charge in [-0.15, -0.1) is 11.8 Å². The lowest BCUT2D eigenvalue weighted by atomic mass is 10.3. The van der Waals surface area contributed by atoms with Gasteiger partial charge in [0.15, 0.2) is 0 Å². The highest BCUT2D eigenvalue weighted by Crippen LogP contribution is 2.19. The molecule has 1 rings (SSSR count). The molecule has 0 spiro atoms. The predicted octanol–water partition coefficient (Wildman–Crippen LogP) is 1.65. The number of ether oxygens (including phenoxy) is 1. The van der Waals surface area contributed by atoms with Gasteiger partial charge in [-0.2, -0.15) is 0 Å². The lowest BCUT2D eigenvalue weighted by Gasteiger charge is -2.09. The second kappa shape index (κ2) is 8.08. The maximum Gasteiger partial charge on any atom is 0.323 e. The van der Waals surface area contributed by atoms with Gasteiger partial charge in [0, 0.05) is 11.4 Å². The maximum atomic E-state index is 12.9. The Labute approximate surface area is 125 Å². The molecule has 20 heavy (non-hydrogen) atoms. The van der Waals surface area contributed by atoms with Crippen LogP contribution >= 0.6 is 23.4 Å². The van der Waals surface area contributed by atoms with E-state index in [1.165, 1.54) is 31.0 Å². The Morgan fingerprint density at radius 3 is 2.85 bits per heavy atom. The highest BCUT2D eigenvalue weighted by atomic mass is 35.5. The van der Waals surface area contributed by atoms with E-state index >= 15 is 0 Å². The van der Waals surface area contributed by atoms with E-state index in [-0.39, 0.29) is 22.4 Å². The Hall–Kier alpha value is -1.31. The fraction of sp³-hybridized carbons (Fsp3) is 0.333. The molecular weight excluding hydrogens is 307 g/mol. The lowest BCUT2D eigenvalue weighted by molar-refractivity contribution is -0.141. The molecule has 0 bridgehead atoms. The number of amides is 1. The molecule has 1 amide bonds. The number of methoxy groups -OCH3 is 1. The second-order valence-corrected chi connectivity index (χ2v) is 5.26. The van der Waals surface area contributed by atoms with Crippen LogP contribution in [-0.2, 0) is 14.3 Å². The number of anilines is 1. The summed E-state index contributed by atoms with van der Waals surface area (Å²) in [4.78, 5) is 22.6. The molecule has 110 valence electrons. The monoisotopic (exact) mass is 320 g/mol. The van der Waals surface area contributed by atoms with Crippen molar-refractivity contribution in [2.45, 2.75) is 6.04 Å². The molecule has 0 saturated carbocycles. The molecule has 0 radical (unpaired) electrons. The minimum atomic E-state index is -0.766. The second-order valence-electron chi connectivity index (χ2n) is 3.82. The zero-order valence-corrected chi connectivity index (χ0v) is 12.3. The van der Waals surface area contributed by atoms with Gasteiger partial charge in [0.2, 0.25) is 5.91 Å². The lowest BCUT2D eigenvalue weighted by Crippen LogP contribution is -2.34. The van der Waals surface area contributed by atoms with Gasteiger partial charge in [0.25, 0.3) is 0 Å². The fourth-order valence-electron chi connectivity index (χ4n) is 1.27. The molecule has 0 fully saturated rings. The van der Waals surface area contributed by atoms with Crippen molar-refractivity contribution in [3.05, 3.63) is 29.0 Å². The normalized spacial score (nSPS) is 11.8. The van der Waals surface area contributed by atoms with Crippen LogP contribution in [0.4, 0.5) is 10.1 Å². The summed E-state index contributed by atoms with van der Waals surface area (Å²) < 4.78 is 17.4. The highest BCUT2D eigenvalue weighted by molar-refractivity contribution is 8.00. The molecule has 8 heteroatoms. The number of thioether (sulfide) groups is 1. The van der Waals surface area contributed by atoms with Crippen LogP contribution in [0.5, 0.6) is 0 Å². The molecule has 0 heterocycles. The van der Waals surface area contributed by atoms with Crippen molar-refractivity contribution in [3.8, 4) is 0 Å². The summed E-state index contributed by atoms with van der Waals surface area (Å²) in [7, 11) is 1.25. The standard InChI is InChI=1S/C12H14ClFN2O3S/c1-19-12(18)10(15)5-20-6-11(17)16-7-2-3-9(14)8(13)4-7/h2-4,10H,5-6,15H2,1H3,(H,16,17). The zero-order chi connectivity index (χ0) is 15.1. The van der Waals surface area contributed by atoms with E-state index in [1.54, 1.807) is 0 Å². The largest absolute Gasteiger partial charge is 0.468 e. The van der Waals surface area contributed by atoms with Crippen molar-refractivity contribution in [1.82, 2.24) is 0 Å². The highest BCUT2D eigenvalue weighted by Gasteiger charge is 2.14. The molecule has 1 unspecified atom stereocenters. The molecule has 0 aliphatic heterocycles. The summed E-state index contributed by atoms with van der Waals surface area (Å²) in [5, 5.41) is 2.49. The van der Waals surface area contributed by atoms with Gasteiger partial charge in [-0.1, -0.05) is 11.6 Å². The maximum absolute atomic E-state index is 12.9. The van der Waals surface area contributed by atoms with Gasteiger partial charge in [-0.25, -0.2) is 4.39 Å². The van der Waals surface area contributed by atoms with E-state index in [0.29, 0.717) is 5.69 Å². The number of nitrogens with two attached hydrogens (primary N) is 1. The van der Waals surface area contributed by atoms with Crippen LogP contribution in [0, 0.1) is 5.82 Å². The zero-order valence-electron chi connectivity index (χ0n) is 10.7. The third kappa shape index (κ3) is 5.36. The molecule has 0 saturated heterocycles. The predicted molar refractivity (Wildman–Crippen MR) is 77.4 cm³/mol. The van der Waals surface area contributed by atoms with Gasteiger partial charge < -0.3 is 15.8 Å². The number of carbonyl (C=O) groups is 2. The molecule has 0 aliphatic rings. The molecule has 5 nitrogen and oxygen atoms in total. The molecule has 1 aromatic rings. The van der Waals surface area contributed by atoms with Crippen LogP contribution in [0.2, 0.25) is 5.02 Å². The van der Waals surface area contributed by atoms with Crippen molar-refractivity contribution < 1.29 is 18.7 Å². The Morgan fingerprint density at radius 2 is 2.25 bits per heavy atom. The van der Waals surface area contributed by atoms with Crippen LogP contribution in [-0.4, -0.2) is 36.5 Å². The van der Waals surface area contributed by atoms with E-state index in [1.807, 2.05) is 0 Å². The van der Waals surface area contributed by atoms with Crippen molar-refractivity contribution in [2.75, 3.05) is 23.9 Å². The number of nitrogens with one attached hydrogen (secondary N) is 1. The first kappa shape index (κ1) is 16.7. The molecule has 0 aliphatic carbocycles. The third-order valence-corrected chi connectivity index (χ3v) is 3.59. The van der Waals surface area contributed by atoms with Crippen LogP contribution in [0.15, 0.2) is 18.2 Å². The summed E-state index contributed by atoms with van der Waals surface area (Å²) in [6.07, 6.45) is 0. The number of halogens is 2. The van der Waals surface area contributed by atoms with Gasteiger partial charge in [-0.3, -0.25) is 9.59 Å². The Balaban J connectivity index is 2.37. The molecule has 3 N–H and O–H groups in total. The summed E-state index contributed by atoms with van der Waals surface area (Å²) in [6.45, 7) is 0. The first-order valence-corrected chi connectivity index (χ1v) is 7.13. The number of carbonyl (C=O) groups excluding carboxylic acids is 2. The fourth-order valence-corrected chi connectivity index (χ4v) is 2.21. The number of benzene rings is 1. The minimum Gasteiger partial charge on any atom is -0.468 e. The first-order chi connectivity index (χ1) is 9.43. The quantitative estimate of drug-likeness (QED) is 0.779. The van der Waals surface area contributed by atoms with Crippen LogP contribution < -0.4 is 11.1 Å². The van der Waals surface area contributed by atoms with E-state index in [2.05, 4.69) is 10.1 Å². The molecule has 1 aromatic carbocycles. The van der Waals surface area contributed by atoms with Crippen molar-refractivity contribution in [1.29, 1.82) is 0 Å². The van der Waals surface area contributed by atoms with Crippen LogP contribution in [0.3, 0.4) is 0 Å². The van der Waals surface area contributed by atoms with E-state index in [0.717, 1.165) is 6.07 Å². The number of rotatable bonds is 6. The van der Waals surface area contributed by atoms with Gasteiger partial charge in [0.05, 0.1) is 17.9 Å². The number of hydrogen-bond donors (Lipinski definition) is 2.